The fourth-order valence-electron chi connectivity index (χ4n) is 2.58. The zero-order valence-electron chi connectivity index (χ0n) is 11.5. The number of anilines is 1. The van der Waals surface area contributed by atoms with Gasteiger partial charge in [0.25, 0.3) is 0 Å². The van der Waals surface area contributed by atoms with Crippen molar-refractivity contribution < 1.29 is 9.21 Å². The number of aromatic nitrogens is 1. The summed E-state index contributed by atoms with van der Waals surface area (Å²) in [7, 11) is 0. The second-order valence-electron chi connectivity index (χ2n) is 4.97. The number of hydrogen-bond donors (Lipinski definition) is 1. The molecule has 1 atom stereocenters. The van der Waals surface area contributed by atoms with Gasteiger partial charge < -0.3 is 14.6 Å². The molecule has 1 amide bonds. The Labute approximate surface area is 127 Å². The molecule has 1 aliphatic rings. The zero-order chi connectivity index (χ0) is 14.7. The number of carbonyl (C=O) groups is 1. The molecule has 1 N–H and O–H groups in total. The molecule has 21 heavy (non-hydrogen) atoms. The molecule has 0 radical (unpaired) electrons. The summed E-state index contributed by atoms with van der Waals surface area (Å²) in [5.74, 6) is 1.48. The van der Waals surface area contributed by atoms with Gasteiger partial charge >= 0.3 is 0 Å². The van der Waals surface area contributed by atoms with Crippen LogP contribution < -0.4 is 10.2 Å². The van der Waals surface area contributed by atoms with E-state index < -0.39 is 0 Å². The maximum Gasteiger partial charge on any atom is 0.243 e. The minimum atomic E-state index is -0.203. The molecule has 1 fully saturated rings. The highest BCUT2D eigenvalue weighted by Crippen LogP contribution is 2.25. The van der Waals surface area contributed by atoms with Crippen LogP contribution in [-0.4, -0.2) is 23.5 Å². The molecule has 1 unspecified atom stereocenters. The molecule has 5 nitrogen and oxygen atoms in total. The quantitative estimate of drug-likeness (QED) is 0.882. The predicted octanol–water partition coefficient (Wildman–Crippen LogP) is 2.61. The van der Waals surface area contributed by atoms with Crippen LogP contribution in [0.4, 0.5) is 5.82 Å². The van der Waals surface area contributed by atoms with Crippen molar-refractivity contribution in [1.82, 2.24) is 10.3 Å². The van der Waals surface area contributed by atoms with Gasteiger partial charge in [0, 0.05) is 6.54 Å². The molecule has 0 aromatic carbocycles. The summed E-state index contributed by atoms with van der Waals surface area (Å²) in [6, 6.07) is 8.90. The van der Waals surface area contributed by atoms with Crippen molar-refractivity contribution in [3.8, 4) is 0 Å². The van der Waals surface area contributed by atoms with Gasteiger partial charge in [-0.3, -0.25) is 4.79 Å². The molecule has 2 aromatic rings. The lowest BCUT2D eigenvalue weighted by atomic mass is 10.2. The van der Waals surface area contributed by atoms with Crippen LogP contribution in [0.15, 0.2) is 41.0 Å². The second-order valence-corrected chi connectivity index (χ2v) is 5.35. The van der Waals surface area contributed by atoms with E-state index in [2.05, 4.69) is 10.3 Å². The molecular weight excluding hydrogens is 290 g/mol. The number of carbonyl (C=O) groups excluding carboxylic acids is 1. The van der Waals surface area contributed by atoms with Crippen LogP contribution in [0.5, 0.6) is 0 Å². The van der Waals surface area contributed by atoms with Crippen molar-refractivity contribution >= 4 is 23.3 Å². The first kappa shape index (κ1) is 13.9. The number of rotatable bonds is 4. The Balaban J connectivity index is 1.67. The van der Waals surface area contributed by atoms with Crippen molar-refractivity contribution in [3.63, 3.8) is 0 Å². The highest BCUT2D eigenvalue weighted by atomic mass is 35.5. The van der Waals surface area contributed by atoms with E-state index in [9.17, 15) is 4.79 Å². The molecule has 0 saturated carbocycles. The van der Waals surface area contributed by atoms with Gasteiger partial charge in [0.15, 0.2) is 0 Å². The van der Waals surface area contributed by atoms with E-state index in [4.69, 9.17) is 16.0 Å². The van der Waals surface area contributed by atoms with Crippen molar-refractivity contribution in [1.29, 1.82) is 0 Å². The van der Waals surface area contributed by atoms with Crippen LogP contribution in [0.1, 0.15) is 18.6 Å². The summed E-state index contributed by atoms with van der Waals surface area (Å²) in [4.78, 5) is 18.6. The third kappa shape index (κ3) is 3.19. The number of amides is 1. The molecule has 1 aliphatic heterocycles. The van der Waals surface area contributed by atoms with E-state index in [1.165, 1.54) is 0 Å². The fourth-order valence-corrected chi connectivity index (χ4v) is 2.74. The Hall–Kier alpha value is -2.01. The minimum Gasteiger partial charge on any atom is -0.467 e. The van der Waals surface area contributed by atoms with E-state index in [0.29, 0.717) is 11.7 Å². The second kappa shape index (κ2) is 6.18. The lowest BCUT2D eigenvalue weighted by Crippen LogP contribution is -2.43. The zero-order valence-corrected chi connectivity index (χ0v) is 12.2. The standard InChI is InChI=1S/C15H16ClN3O2/c16-13-6-1-7-14(18-13)19-8-2-5-12(19)15(20)17-10-11-4-3-9-21-11/h1,3-4,6-7,9,12H,2,5,8,10H2,(H,17,20). The number of furan rings is 1. The van der Waals surface area contributed by atoms with Crippen LogP contribution in [0.3, 0.4) is 0 Å². The SMILES string of the molecule is O=C(NCc1ccco1)C1CCCN1c1cccc(Cl)n1. The average Bonchev–Trinajstić information content (AvgIpc) is 3.16. The molecule has 6 heteroatoms. The highest BCUT2D eigenvalue weighted by Gasteiger charge is 2.31. The van der Waals surface area contributed by atoms with E-state index in [0.717, 1.165) is 31.0 Å². The van der Waals surface area contributed by atoms with Gasteiger partial charge in [0.2, 0.25) is 5.91 Å². The van der Waals surface area contributed by atoms with E-state index >= 15 is 0 Å². The molecular formula is C15H16ClN3O2. The number of hydrogen-bond acceptors (Lipinski definition) is 4. The van der Waals surface area contributed by atoms with Crippen LogP contribution >= 0.6 is 11.6 Å². The summed E-state index contributed by atoms with van der Waals surface area (Å²) in [6.45, 7) is 1.21. The van der Waals surface area contributed by atoms with Crippen LogP contribution in [0, 0.1) is 0 Å². The predicted molar refractivity (Wildman–Crippen MR) is 80.2 cm³/mol. The highest BCUT2D eigenvalue weighted by molar-refractivity contribution is 6.29. The summed E-state index contributed by atoms with van der Waals surface area (Å²) < 4.78 is 5.22. The van der Waals surface area contributed by atoms with Crippen molar-refractivity contribution in [2.24, 2.45) is 0 Å². The topological polar surface area (TPSA) is 58.4 Å². The van der Waals surface area contributed by atoms with E-state index in [1.807, 2.05) is 23.1 Å². The lowest BCUT2D eigenvalue weighted by Gasteiger charge is -2.24. The number of nitrogens with zero attached hydrogens (tertiary/aromatic N) is 2. The number of halogens is 1. The van der Waals surface area contributed by atoms with Crippen LogP contribution in [0.25, 0.3) is 0 Å². The van der Waals surface area contributed by atoms with Gasteiger partial charge in [0.05, 0.1) is 12.8 Å². The largest absolute Gasteiger partial charge is 0.467 e. The van der Waals surface area contributed by atoms with Crippen LogP contribution in [0.2, 0.25) is 5.15 Å². The molecule has 1 saturated heterocycles. The third-order valence-corrected chi connectivity index (χ3v) is 3.78. The van der Waals surface area contributed by atoms with Crippen LogP contribution in [-0.2, 0) is 11.3 Å². The summed E-state index contributed by atoms with van der Waals surface area (Å²) in [6.07, 6.45) is 3.38. The van der Waals surface area contributed by atoms with Gasteiger partial charge in [-0.2, -0.15) is 0 Å². The molecule has 3 rings (SSSR count). The maximum absolute atomic E-state index is 12.4. The summed E-state index contributed by atoms with van der Waals surface area (Å²) >= 11 is 5.93. The van der Waals surface area contributed by atoms with Crippen molar-refractivity contribution in [3.05, 3.63) is 47.5 Å². The Morgan fingerprint density at radius 2 is 2.33 bits per heavy atom. The van der Waals surface area contributed by atoms with Crippen molar-refractivity contribution in [2.75, 3.05) is 11.4 Å². The van der Waals surface area contributed by atoms with Gasteiger partial charge in [-0.05, 0) is 37.1 Å². The first-order chi connectivity index (χ1) is 10.2. The molecule has 0 bridgehead atoms. The normalized spacial score (nSPS) is 18.0. The molecule has 0 aliphatic carbocycles. The molecule has 2 aromatic heterocycles. The monoisotopic (exact) mass is 305 g/mol. The maximum atomic E-state index is 12.4. The molecule has 110 valence electrons. The summed E-state index contributed by atoms with van der Waals surface area (Å²) in [5, 5.41) is 3.35. The van der Waals surface area contributed by atoms with Crippen molar-refractivity contribution in [2.45, 2.75) is 25.4 Å². The Morgan fingerprint density at radius 3 is 3.10 bits per heavy atom. The Kier molecular flexibility index (Phi) is 4.10. The number of pyridine rings is 1. The van der Waals surface area contributed by atoms with E-state index in [-0.39, 0.29) is 11.9 Å². The first-order valence-electron chi connectivity index (χ1n) is 6.93. The third-order valence-electron chi connectivity index (χ3n) is 3.57. The van der Waals surface area contributed by atoms with E-state index in [1.54, 1.807) is 18.4 Å². The van der Waals surface area contributed by atoms with Gasteiger partial charge in [-0.1, -0.05) is 17.7 Å². The Bertz CT molecular complexity index is 615. The number of nitrogens with one attached hydrogen (secondary N) is 1. The first-order valence-corrected chi connectivity index (χ1v) is 7.31. The molecule has 3 heterocycles. The fraction of sp³-hybridized carbons (Fsp3) is 0.333. The molecule has 0 spiro atoms. The summed E-state index contributed by atoms with van der Waals surface area (Å²) in [5.41, 5.74) is 0. The smallest absolute Gasteiger partial charge is 0.243 e. The Morgan fingerprint density at radius 1 is 1.43 bits per heavy atom. The average molecular weight is 306 g/mol. The lowest BCUT2D eigenvalue weighted by molar-refractivity contribution is -0.122. The van der Waals surface area contributed by atoms with Gasteiger partial charge in [-0.15, -0.1) is 0 Å². The van der Waals surface area contributed by atoms with Gasteiger partial charge in [0.1, 0.15) is 22.8 Å². The van der Waals surface area contributed by atoms with Gasteiger partial charge in [-0.25, -0.2) is 4.98 Å². The minimum absolute atomic E-state index is 0.00863.